The molecule has 0 radical (unpaired) electrons. The molecule has 2 fully saturated rings. The number of amides is 1. The standard InChI is InChI=1S/C18H22N4OS2/c19-16-11-2-1-3-12(16)9-13(8-11)17(23)21-14-4-6-15(7-5-14)25-18-22-20-10-24-18/h4-7,10-13,16H,1-3,8-9,19H2,(H,21,23). The van der Waals surface area contributed by atoms with Crippen LogP contribution < -0.4 is 11.1 Å². The number of aromatic nitrogens is 2. The van der Waals surface area contributed by atoms with Crippen molar-refractivity contribution < 1.29 is 4.79 Å². The zero-order chi connectivity index (χ0) is 17.2. The summed E-state index contributed by atoms with van der Waals surface area (Å²) < 4.78 is 0.918. The van der Waals surface area contributed by atoms with Crippen LogP contribution in [0.25, 0.3) is 0 Å². The fourth-order valence-electron chi connectivity index (χ4n) is 4.16. The molecule has 0 spiro atoms. The molecule has 3 N–H and O–H groups in total. The van der Waals surface area contributed by atoms with E-state index in [1.54, 1.807) is 17.3 Å². The van der Waals surface area contributed by atoms with Gasteiger partial charge in [0.2, 0.25) is 5.91 Å². The Hall–Kier alpha value is -1.44. The van der Waals surface area contributed by atoms with Crippen LogP contribution in [-0.2, 0) is 4.79 Å². The van der Waals surface area contributed by atoms with Crippen molar-refractivity contribution in [1.82, 2.24) is 10.2 Å². The van der Waals surface area contributed by atoms with Gasteiger partial charge < -0.3 is 11.1 Å². The maximum atomic E-state index is 12.7. The van der Waals surface area contributed by atoms with Gasteiger partial charge in [0, 0.05) is 22.5 Å². The summed E-state index contributed by atoms with van der Waals surface area (Å²) in [6, 6.07) is 8.22. The highest BCUT2D eigenvalue weighted by Gasteiger charge is 2.40. The van der Waals surface area contributed by atoms with Gasteiger partial charge in [0.05, 0.1) is 0 Å². The first-order valence-corrected chi connectivity index (χ1v) is 10.5. The van der Waals surface area contributed by atoms with Crippen molar-refractivity contribution in [1.29, 1.82) is 0 Å². The second-order valence-corrected chi connectivity index (χ2v) is 9.17. The first-order valence-electron chi connectivity index (χ1n) is 8.79. The van der Waals surface area contributed by atoms with Crippen LogP contribution in [0, 0.1) is 17.8 Å². The van der Waals surface area contributed by atoms with Gasteiger partial charge in [-0.3, -0.25) is 4.79 Å². The Morgan fingerprint density at radius 2 is 1.92 bits per heavy atom. The molecule has 2 aromatic rings. The summed E-state index contributed by atoms with van der Waals surface area (Å²) in [6.07, 6.45) is 5.51. The van der Waals surface area contributed by atoms with Crippen LogP contribution in [0.2, 0.25) is 0 Å². The van der Waals surface area contributed by atoms with Crippen LogP contribution in [-0.4, -0.2) is 22.1 Å². The zero-order valence-electron chi connectivity index (χ0n) is 13.9. The lowest BCUT2D eigenvalue weighted by Gasteiger charge is -2.43. The quantitative estimate of drug-likeness (QED) is 0.851. The highest BCUT2D eigenvalue weighted by atomic mass is 32.2. The lowest BCUT2D eigenvalue weighted by Crippen LogP contribution is -2.48. The number of rotatable bonds is 4. The molecule has 2 atom stereocenters. The normalized spacial score (nSPS) is 28.5. The lowest BCUT2D eigenvalue weighted by atomic mass is 9.65. The predicted octanol–water partition coefficient (Wildman–Crippen LogP) is 3.78. The van der Waals surface area contributed by atoms with Gasteiger partial charge in [-0.1, -0.05) is 29.5 Å². The van der Waals surface area contributed by atoms with E-state index in [9.17, 15) is 4.79 Å². The summed E-state index contributed by atoms with van der Waals surface area (Å²) in [5.74, 6) is 1.29. The van der Waals surface area contributed by atoms with Crippen molar-refractivity contribution in [2.24, 2.45) is 23.5 Å². The number of nitrogens with two attached hydrogens (primary N) is 1. The van der Waals surface area contributed by atoms with Gasteiger partial charge in [0.1, 0.15) is 5.51 Å². The van der Waals surface area contributed by atoms with E-state index in [2.05, 4.69) is 15.5 Å². The van der Waals surface area contributed by atoms with E-state index < -0.39 is 0 Å². The first-order chi connectivity index (χ1) is 12.2. The second-order valence-electron chi connectivity index (χ2n) is 7.02. The monoisotopic (exact) mass is 374 g/mol. The number of hydrogen-bond acceptors (Lipinski definition) is 6. The van der Waals surface area contributed by atoms with Crippen LogP contribution in [0.15, 0.2) is 39.0 Å². The van der Waals surface area contributed by atoms with Crippen LogP contribution >= 0.6 is 23.1 Å². The molecular weight excluding hydrogens is 352 g/mol. The fraction of sp³-hybridized carbons (Fsp3) is 0.500. The highest BCUT2D eigenvalue weighted by Crippen LogP contribution is 2.42. The maximum absolute atomic E-state index is 12.7. The third kappa shape index (κ3) is 3.88. The molecule has 1 heterocycles. The van der Waals surface area contributed by atoms with Gasteiger partial charge in [-0.15, -0.1) is 10.2 Å². The van der Waals surface area contributed by atoms with Crippen molar-refractivity contribution in [2.75, 3.05) is 5.32 Å². The van der Waals surface area contributed by atoms with E-state index in [1.807, 2.05) is 24.3 Å². The predicted molar refractivity (Wildman–Crippen MR) is 101 cm³/mol. The first kappa shape index (κ1) is 17.0. The molecule has 5 nitrogen and oxygen atoms in total. The molecular formula is C18H22N4OS2. The van der Waals surface area contributed by atoms with Crippen molar-refractivity contribution in [3.05, 3.63) is 29.8 Å². The van der Waals surface area contributed by atoms with E-state index in [-0.39, 0.29) is 11.8 Å². The Kier molecular flexibility index (Phi) is 5.05. The molecule has 1 aromatic heterocycles. The summed E-state index contributed by atoms with van der Waals surface area (Å²) in [5.41, 5.74) is 8.91. The molecule has 0 saturated heterocycles. The molecule has 1 amide bonds. The smallest absolute Gasteiger partial charge is 0.227 e. The zero-order valence-corrected chi connectivity index (χ0v) is 15.6. The minimum Gasteiger partial charge on any atom is -0.327 e. The topological polar surface area (TPSA) is 80.9 Å². The molecule has 4 rings (SSSR count). The molecule has 132 valence electrons. The molecule has 0 aliphatic heterocycles. The Labute approximate surface area is 155 Å². The number of benzene rings is 1. The van der Waals surface area contributed by atoms with Gasteiger partial charge in [0.15, 0.2) is 4.34 Å². The minimum absolute atomic E-state index is 0.102. The molecule has 2 saturated carbocycles. The minimum atomic E-state index is 0.102. The van der Waals surface area contributed by atoms with Crippen molar-refractivity contribution in [2.45, 2.75) is 47.4 Å². The van der Waals surface area contributed by atoms with Crippen LogP contribution in [0.5, 0.6) is 0 Å². The Morgan fingerprint density at radius 1 is 1.20 bits per heavy atom. The van der Waals surface area contributed by atoms with Gasteiger partial charge in [-0.25, -0.2) is 0 Å². The summed E-state index contributed by atoms with van der Waals surface area (Å²) in [6.45, 7) is 0. The number of anilines is 1. The molecule has 2 bridgehead atoms. The average molecular weight is 375 g/mol. The third-order valence-electron chi connectivity index (χ3n) is 5.45. The highest BCUT2D eigenvalue weighted by molar-refractivity contribution is 8.01. The SMILES string of the molecule is NC1C2CCCC1CC(C(=O)Nc1ccc(Sc3nncs3)cc1)C2. The Morgan fingerprint density at radius 3 is 2.56 bits per heavy atom. The average Bonchev–Trinajstić information content (AvgIpc) is 3.09. The van der Waals surface area contributed by atoms with Crippen molar-refractivity contribution in [3.8, 4) is 0 Å². The number of nitrogens with zero attached hydrogens (tertiary/aromatic N) is 2. The summed E-state index contributed by atoms with van der Waals surface area (Å²) in [7, 11) is 0. The van der Waals surface area contributed by atoms with E-state index in [0.29, 0.717) is 17.9 Å². The van der Waals surface area contributed by atoms with E-state index in [0.717, 1.165) is 27.8 Å². The molecule has 2 unspecified atom stereocenters. The third-order valence-corrected chi connectivity index (χ3v) is 7.24. The number of carbonyl (C=O) groups is 1. The van der Waals surface area contributed by atoms with Crippen LogP contribution in [0.1, 0.15) is 32.1 Å². The van der Waals surface area contributed by atoms with Crippen LogP contribution in [0.3, 0.4) is 0 Å². The summed E-state index contributed by atoms with van der Waals surface area (Å²) >= 11 is 3.10. The molecule has 25 heavy (non-hydrogen) atoms. The summed E-state index contributed by atoms with van der Waals surface area (Å²) in [4.78, 5) is 13.8. The fourth-order valence-corrected chi connectivity index (χ4v) is 5.61. The number of fused-ring (bicyclic) bond motifs is 2. The maximum Gasteiger partial charge on any atom is 0.227 e. The molecule has 7 heteroatoms. The summed E-state index contributed by atoms with van der Waals surface area (Å²) in [5, 5.41) is 11.0. The van der Waals surface area contributed by atoms with Crippen LogP contribution in [0.4, 0.5) is 5.69 Å². The van der Waals surface area contributed by atoms with Gasteiger partial charge in [0.25, 0.3) is 0 Å². The van der Waals surface area contributed by atoms with Gasteiger partial charge >= 0.3 is 0 Å². The largest absolute Gasteiger partial charge is 0.327 e. The number of nitrogens with one attached hydrogen (secondary N) is 1. The Bertz CT molecular complexity index is 705. The Balaban J connectivity index is 1.36. The van der Waals surface area contributed by atoms with E-state index >= 15 is 0 Å². The number of hydrogen-bond donors (Lipinski definition) is 2. The number of carbonyl (C=O) groups excluding carboxylic acids is 1. The molecule has 2 aliphatic rings. The van der Waals surface area contributed by atoms with Crippen molar-refractivity contribution in [3.63, 3.8) is 0 Å². The van der Waals surface area contributed by atoms with Gasteiger partial charge in [-0.2, -0.15) is 0 Å². The second kappa shape index (κ2) is 7.43. The molecule has 2 aliphatic carbocycles. The lowest BCUT2D eigenvalue weighted by molar-refractivity contribution is -0.122. The van der Waals surface area contributed by atoms with E-state index in [4.69, 9.17) is 5.73 Å². The van der Waals surface area contributed by atoms with E-state index in [1.165, 1.54) is 30.6 Å². The van der Waals surface area contributed by atoms with Crippen molar-refractivity contribution >= 4 is 34.7 Å². The van der Waals surface area contributed by atoms with Gasteiger partial charge in [-0.05, 0) is 61.8 Å². The molecule has 1 aromatic carbocycles.